The fraction of sp³-hybridized carbons (Fsp3) is 0.478. The summed E-state index contributed by atoms with van der Waals surface area (Å²) in [7, 11) is -0.792. The van der Waals surface area contributed by atoms with E-state index in [2.05, 4.69) is 19.2 Å². The molecule has 0 bridgehead atoms. The minimum atomic E-state index is -3.64. The Morgan fingerprint density at radius 3 is 2.33 bits per heavy atom. The van der Waals surface area contributed by atoms with Crippen molar-refractivity contribution in [1.29, 1.82) is 0 Å². The maximum atomic E-state index is 12.9. The van der Waals surface area contributed by atoms with Gasteiger partial charge in [-0.15, -0.1) is 11.3 Å². The molecule has 8 nitrogen and oxygen atoms in total. The second-order valence-electron chi connectivity index (χ2n) is 8.40. The number of ether oxygens (including phenoxy) is 2. The molecule has 3 rings (SSSR count). The van der Waals surface area contributed by atoms with E-state index in [-0.39, 0.29) is 29.8 Å². The number of hydrogen-bond acceptors (Lipinski definition) is 7. The molecule has 1 aromatic heterocycles. The Bertz CT molecular complexity index is 1080. The van der Waals surface area contributed by atoms with Crippen molar-refractivity contribution < 1.29 is 27.5 Å². The van der Waals surface area contributed by atoms with Crippen LogP contribution in [0.1, 0.15) is 42.6 Å². The van der Waals surface area contributed by atoms with Crippen LogP contribution >= 0.6 is 11.3 Å². The number of sulfonamides is 1. The zero-order chi connectivity index (χ0) is 24.2. The molecule has 0 aliphatic carbocycles. The van der Waals surface area contributed by atoms with Gasteiger partial charge in [0, 0.05) is 19.0 Å². The Kier molecular flexibility index (Phi) is 8.14. The highest BCUT2D eigenvalue weighted by Crippen LogP contribution is 2.32. The van der Waals surface area contributed by atoms with Crippen LogP contribution < -0.4 is 10.1 Å². The van der Waals surface area contributed by atoms with E-state index in [1.807, 2.05) is 5.38 Å². The highest BCUT2D eigenvalue weighted by atomic mass is 32.2. The maximum Gasteiger partial charge on any atom is 0.341 e. The fourth-order valence-corrected chi connectivity index (χ4v) is 6.31. The largest absolute Gasteiger partial charge is 0.497 e. The molecule has 0 radical (unpaired) electrons. The van der Waals surface area contributed by atoms with Crippen LogP contribution in [0, 0.1) is 11.8 Å². The first-order valence-electron chi connectivity index (χ1n) is 10.8. The Morgan fingerprint density at radius 2 is 1.79 bits per heavy atom. The molecular weight excluding hydrogens is 464 g/mol. The van der Waals surface area contributed by atoms with E-state index in [9.17, 15) is 18.0 Å². The van der Waals surface area contributed by atoms with Gasteiger partial charge in [0.05, 0.1) is 24.7 Å². The lowest BCUT2D eigenvalue weighted by molar-refractivity contribution is -0.120. The monoisotopic (exact) mass is 494 g/mol. The molecule has 1 aromatic carbocycles. The topological polar surface area (TPSA) is 102 Å². The molecule has 33 heavy (non-hydrogen) atoms. The van der Waals surface area contributed by atoms with Crippen molar-refractivity contribution >= 4 is 38.2 Å². The number of rotatable bonds is 8. The van der Waals surface area contributed by atoms with E-state index in [1.54, 1.807) is 12.1 Å². The Labute approximate surface area is 198 Å². The maximum absolute atomic E-state index is 12.9. The van der Waals surface area contributed by atoms with Crippen molar-refractivity contribution in [3.05, 3.63) is 40.8 Å². The number of thiophene rings is 1. The molecule has 0 saturated carbocycles. The van der Waals surface area contributed by atoms with Crippen LogP contribution in [0.2, 0.25) is 0 Å². The Morgan fingerprint density at radius 1 is 1.15 bits per heavy atom. The van der Waals surface area contributed by atoms with Gasteiger partial charge < -0.3 is 14.8 Å². The zero-order valence-electron chi connectivity index (χ0n) is 19.3. The number of carbonyl (C=O) groups excluding carboxylic acids is 2. The van der Waals surface area contributed by atoms with Crippen molar-refractivity contribution in [3.63, 3.8) is 0 Å². The van der Waals surface area contributed by atoms with Crippen LogP contribution in [-0.4, -0.2) is 51.9 Å². The highest BCUT2D eigenvalue weighted by molar-refractivity contribution is 7.89. The van der Waals surface area contributed by atoms with E-state index in [1.165, 1.54) is 42.0 Å². The molecule has 10 heteroatoms. The summed E-state index contributed by atoms with van der Waals surface area (Å²) in [5.41, 5.74) is 1.27. The number of methoxy groups -OCH3 is 2. The summed E-state index contributed by atoms with van der Waals surface area (Å²) in [4.78, 5) is 25.5. The number of piperidine rings is 1. The van der Waals surface area contributed by atoms with Crippen molar-refractivity contribution in [2.24, 2.45) is 11.8 Å². The first-order chi connectivity index (χ1) is 15.7. The molecule has 0 spiro atoms. The molecule has 0 atom stereocenters. The van der Waals surface area contributed by atoms with E-state index in [0.29, 0.717) is 41.5 Å². The van der Waals surface area contributed by atoms with Gasteiger partial charge in [-0.3, -0.25) is 4.79 Å². The molecule has 1 fully saturated rings. The highest BCUT2D eigenvalue weighted by Gasteiger charge is 2.33. The molecule has 1 aliphatic rings. The van der Waals surface area contributed by atoms with Gasteiger partial charge in [-0.25, -0.2) is 13.2 Å². The summed E-state index contributed by atoms with van der Waals surface area (Å²) in [6.07, 6.45) is 1.51. The van der Waals surface area contributed by atoms with Crippen LogP contribution in [0.15, 0.2) is 34.5 Å². The first kappa shape index (κ1) is 25.2. The first-order valence-corrected chi connectivity index (χ1v) is 13.1. The Balaban J connectivity index is 1.66. The lowest BCUT2D eigenvalue weighted by Gasteiger charge is -2.30. The average Bonchev–Trinajstić information content (AvgIpc) is 3.19. The van der Waals surface area contributed by atoms with Crippen molar-refractivity contribution in [3.8, 4) is 5.75 Å². The number of benzene rings is 1. The summed E-state index contributed by atoms with van der Waals surface area (Å²) < 4.78 is 37.3. The molecule has 2 heterocycles. The van der Waals surface area contributed by atoms with Crippen molar-refractivity contribution in [1.82, 2.24) is 4.31 Å². The second kappa shape index (κ2) is 10.7. The van der Waals surface area contributed by atoms with E-state index >= 15 is 0 Å². The number of nitrogens with one attached hydrogen (secondary N) is 1. The third-order valence-electron chi connectivity index (χ3n) is 5.64. The number of anilines is 1. The summed E-state index contributed by atoms with van der Waals surface area (Å²) in [6, 6.07) is 6.26. The van der Waals surface area contributed by atoms with E-state index in [4.69, 9.17) is 9.47 Å². The Hall–Kier alpha value is -2.43. The molecule has 1 aliphatic heterocycles. The SMILES string of the molecule is COC(=O)c1c(CC(C)C)csc1NC(=O)C1CCN(S(=O)(=O)c2ccc(OC)cc2)CC1. The van der Waals surface area contributed by atoms with Crippen LogP contribution in [0.3, 0.4) is 0 Å². The number of nitrogens with zero attached hydrogens (tertiary/aromatic N) is 1. The third-order valence-corrected chi connectivity index (χ3v) is 8.50. The number of hydrogen-bond donors (Lipinski definition) is 1. The number of amides is 1. The van der Waals surface area contributed by atoms with Gasteiger partial charge >= 0.3 is 5.97 Å². The molecule has 2 aromatic rings. The van der Waals surface area contributed by atoms with Gasteiger partial charge in [0.1, 0.15) is 10.8 Å². The van der Waals surface area contributed by atoms with Crippen LogP contribution in [-0.2, 0) is 26.0 Å². The lowest BCUT2D eigenvalue weighted by atomic mass is 9.97. The van der Waals surface area contributed by atoms with Crippen molar-refractivity contribution in [2.75, 3.05) is 32.6 Å². The van der Waals surface area contributed by atoms with Crippen LogP contribution in [0.5, 0.6) is 5.75 Å². The van der Waals surface area contributed by atoms with Gasteiger partial charge in [-0.1, -0.05) is 13.8 Å². The normalized spacial score (nSPS) is 15.4. The van der Waals surface area contributed by atoms with Gasteiger partial charge in [0.2, 0.25) is 15.9 Å². The minimum Gasteiger partial charge on any atom is -0.497 e. The van der Waals surface area contributed by atoms with Gasteiger partial charge in [-0.2, -0.15) is 4.31 Å². The van der Waals surface area contributed by atoms with Crippen molar-refractivity contribution in [2.45, 2.75) is 38.0 Å². The van der Waals surface area contributed by atoms with Gasteiger partial charge in [0.15, 0.2) is 0 Å². The minimum absolute atomic E-state index is 0.199. The predicted molar refractivity (Wildman–Crippen MR) is 127 cm³/mol. The summed E-state index contributed by atoms with van der Waals surface area (Å²) >= 11 is 1.31. The van der Waals surface area contributed by atoms with Crippen LogP contribution in [0.25, 0.3) is 0 Å². The lowest BCUT2D eigenvalue weighted by Crippen LogP contribution is -2.41. The van der Waals surface area contributed by atoms with Crippen LogP contribution in [0.4, 0.5) is 5.00 Å². The van der Waals surface area contributed by atoms with Gasteiger partial charge in [0.25, 0.3) is 0 Å². The summed E-state index contributed by atoms with van der Waals surface area (Å²) in [6.45, 7) is 4.62. The number of esters is 1. The molecule has 0 unspecified atom stereocenters. The summed E-state index contributed by atoms with van der Waals surface area (Å²) in [5, 5.41) is 5.25. The fourth-order valence-electron chi connectivity index (χ4n) is 3.87. The van der Waals surface area contributed by atoms with E-state index < -0.39 is 16.0 Å². The molecular formula is C23H30N2O6S2. The van der Waals surface area contributed by atoms with E-state index in [0.717, 1.165) is 5.56 Å². The van der Waals surface area contributed by atoms with Gasteiger partial charge in [-0.05, 0) is 60.4 Å². The molecule has 1 N–H and O–H groups in total. The smallest absolute Gasteiger partial charge is 0.341 e. The quantitative estimate of drug-likeness (QED) is 0.561. The molecule has 1 amide bonds. The standard InChI is InChI=1S/C23H30N2O6S2/c1-15(2)13-17-14-32-22(20(17)23(27)31-4)24-21(26)16-9-11-25(12-10-16)33(28,29)19-7-5-18(30-3)6-8-19/h5-8,14-16H,9-13H2,1-4H3,(H,24,26). The number of carbonyl (C=O) groups is 2. The second-order valence-corrected chi connectivity index (χ2v) is 11.2. The zero-order valence-corrected chi connectivity index (χ0v) is 20.9. The summed E-state index contributed by atoms with van der Waals surface area (Å²) in [5.74, 6) is -0.0834. The molecule has 180 valence electrons. The molecule has 1 saturated heterocycles. The predicted octanol–water partition coefficient (Wildman–Crippen LogP) is 3.78. The third kappa shape index (κ3) is 5.74. The average molecular weight is 495 g/mol.